The van der Waals surface area contributed by atoms with E-state index in [0.717, 1.165) is 30.8 Å². The molecule has 1 aliphatic rings. The first-order valence-electron chi connectivity index (χ1n) is 10.5. The molecule has 5 nitrogen and oxygen atoms in total. The molecule has 0 atom stereocenters. The molecule has 2 aromatic carbocycles. The third-order valence-electron chi connectivity index (χ3n) is 5.86. The van der Waals surface area contributed by atoms with Gasteiger partial charge in [0.25, 0.3) is 10.0 Å². The van der Waals surface area contributed by atoms with Crippen molar-refractivity contribution in [3.63, 3.8) is 0 Å². The quantitative estimate of drug-likeness (QED) is 0.545. The highest BCUT2D eigenvalue weighted by Gasteiger charge is 2.34. The summed E-state index contributed by atoms with van der Waals surface area (Å²) in [5.41, 5.74) is 2.95. The number of hydrogen-bond donors (Lipinski definition) is 0. The van der Waals surface area contributed by atoms with E-state index >= 15 is 0 Å². The first kappa shape index (κ1) is 21.6. The Labute approximate surface area is 183 Å². The van der Waals surface area contributed by atoms with Crippen molar-refractivity contribution in [1.29, 1.82) is 0 Å². The van der Waals surface area contributed by atoms with Crippen LogP contribution in [0.3, 0.4) is 0 Å². The van der Waals surface area contributed by atoms with Crippen molar-refractivity contribution >= 4 is 15.7 Å². The van der Waals surface area contributed by atoms with Crippen LogP contribution in [0, 0.1) is 19.7 Å². The molecular formula is C24H27FN2O3S. The zero-order valence-electron chi connectivity index (χ0n) is 17.8. The van der Waals surface area contributed by atoms with Crippen LogP contribution in [0.25, 0.3) is 0 Å². The zero-order valence-corrected chi connectivity index (χ0v) is 18.6. The Morgan fingerprint density at radius 2 is 1.77 bits per heavy atom. The highest BCUT2D eigenvalue weighted by molar-refractivity contribution is 7.92. The lowest BCUT2D eigenvalue weighted by atomic mass is 10.0. The molecule has 0 unspecified atom stereocenters. The normalized spacial score (nSPS) is 15.8. The number of rotatable bonds is 6. The molecule has 164 valence electrons. The molecule has 7 heteroatoms. The zero-order chi connectivity index (χ0) is 22.0. The van der Waals surface area contributed by atoms with Gasteiger partial charge in [0.1, 0.15) is 5.82 Å². The third-order valence-corrected chi connectivity index (χ3v) is 7.76. The van der Waals surface area contributed by atoms with Crippen molar-refractivity contribution in [2.75, 3.05) is 17.4 Å². The average Bonchev–Trinajstić information content (AvgIpc) is 3.25. The largest absolute Gasteiger partial charge is 0.472 e. The molecular weight excluding hydrogens is 415 g/mol. The van der Waals surface area contributed by atoms with Gasteiger partial charge in [-0.3, -0.25) is 9.21 Å². The second-order valence-electron chi connectivity index (χ2n) is 8.19. The molecule has 31 heavy (non-hydrogen) atoms. The number of sulfonamides is 1. The predicted octanol–water partition coefficient (Wildman–Crippen LogP) is 4.90. The highest BCUT2D eigenvalue weighted by Crippen LogP contribution is 2.32. The Morgan fingerprint density at radius 1 is 1.06 bits per heavy atom. The van der Waals surface area contributed by atoms with E-state index in [1.54, 1.807) is 55.8 Å². The van der Waals surface area contributed by atoms with Crippen molar-refractivity contribution in [2.24, 2.45) is 0 Å². The Hall–Kier alpha value is -2.64. The molecule has 0 N–H and O–H groups in total. The minimum atomic E-state index is -3.83. The molecule has 0 saturated carbocycles. The van der Waals surface area contributed by atoms with Crippen LogP contribution in [0.15, 0.2) is 70.4 Å². The summed E-state index contributed by atoms with van der Waals surface area (Å²) in [7, 11) is -3.83. The summed E-state index contributed by atoms with van der Waals surface area (Å²) in [5, 5.41) is 0. The lowest BCUT2D eigenvalue weighted by Crippen LogP contribution is -2.47. The molecule has 0 amide bonds. The van der Waals surface area contributed by atoms with Gasteiger partial charge in [-0.2, -0.15) is 0 Å². The van der Waals surface area contributed by atoms with Crippen LogP contribution in [0.4, 0.5) is 10.1 Å². The summed E-state index contributed by atoms with van der Waals surface area (Å²) in [6.45, 7) is 5.87. The molecule has 3 aromatic rings. The Balaban J connectivity index is 1.63. The Bertz CT molecular complexity index is 1120. The van der Waals surface area contributed by atoms with Crippen LogP contribution in [0.2, 0.25) is 0 Å². The van der Waals surface area contributed by atoms with Crippen molar-refractivity contribution in [1.82, 2.24) is 4.90 Å². The number of hydrogen-bond acceptors (Lipinski definition) is 4. The molecule has 1 saturated heterocycles. The summed E-state index contributed by atoms with van der Waals surface area (Å²) >= 11 is 0. The van der Waals surface area contributed by atoms with Gasteiger partial charge < -0.3 is 4.42 Å². The van der Waals surface area contributed by atoms with Crippen LogP contribution >= 0.6 is 0 Å². The number of piperidine rings is 1. The van der Waals surface area contributed by atoms with Crippen molar-refractivity contribution in [2.45, 2.75) is 44.2 Å². The van der Waals surface area contributed by atoms with Crippen LogP contribution in [0.1, 0.15) is 29.5 Å². The molecule has 0 radical (unpaired) electrons. The van der Waals surface area contributed by atoms with E-state index in [2.05, 4.69) is 4.90 Å². The monoisotopic (exact) mass is 442 g/mol. The van der Waals surface area contributed by atoms with E-state index in [-0.39, 0.29) is 10.9 Å². The molecule has 1 aromatic heterocycles. The Kier molecular flexibility index (Phi) is 6.16. The lowest BCUT2D eigenvalue weighted by molar-refractivity contribution is 0.206. The number of furan rings is 1. The predicted molar refractivity (Wildman–Crippen MR) is 119 cm³/mol. The minimum absolute atomic E-state index is 0.222. The van der Waals surface area contributed by atoms with E-state index in [9.17, 15) is 12.8 Å². The van der Waals surface area contributed by atoms with Crippen LogP contribution in [-0.4, -0.2) is 32.4 Å². The van der Waals surface area contributed by atoms with E-state index in [1.807, 2.05) is 13.0 Å². The van der Waals surface area contributed by atoms with Crippen LogP contribution < -0.4 is 4.31 Å². The van der Waals surface area contributed by atoms with Gasteiger partial charge in [-0.05, 0) is 62.6 Å². The van der Waals surface area contributed by atoms with Gasteiger partial charge in [0.15, 0.2) is 0 Å². The van der Waals surface area contributed by atoms with Crippen molar-refractivity contribution in [3.8, 4) is 0 Å². The average molecular weight is 443 g/mol. The fourth-order valence-corrected chi connectivity index (χ4v) is 5.74. The summed E-state index contributed by atoms with van der Waals surface area (Å²) < 4.78 is 48.3. The van der Waals surface area contributed by atoms with E-state index in [1.165, 1.54) is 10.4 Å². The van der Waals surface area contributed by atoms with Gasteiger partial charge in [0, 0.05) is 31.2 Å². The van der Waals surface area contributed by atoms with Gasteiger partial charge in [-0.15, -0.1) is 0 Å². The second kappa shape index (κ2) is 8.85. The lowest BCUT2D eigenvalue weighted by Gasteiger charge is -2.39. The van der Waals surface area contributed by atoms with Crippen LogP contribution in [0.5, 0.6) is 0 Å². The standard InChI is InChI=1S/C24H27FN2O3S/c1-18-3-7-23(8-4-18)31(28,29)27(22-6-5-19(2)24(25)15-22)21-9-12-26(13-10-21)16-20-11-14-30-17-20/h3-8,11,14-15,17,21H,9-10,12-13,16H2,1-2H3. The first-order valence-corrected chi connectivity index (χ1v) is 11.9. The summed E-state index contributed by atoms with van der Waals surface area (Å²) in [6, 6.07) is 13.2. The molecule has 1 aliphatic heterocycles. The first-order chi connectivity index (χ1) is 14.8. The Morgan fingerprint density at radius 3 is 2.39 bits per heavy atom. The highest BCUT2D eigenvalue weighted by atomic mass is 32.2. The van der Waals surface area contributed by atoms with Gasteiger partial charge in [0.2, 0.25) is 0 Å². The third kappa shape index (κ3) is 4.67. The summed E-state index contributed by atoms with van der Waals surface area (Å²) in [5.74, 6) is -0.404. The van der Waals surface area contributed by atoms with Gasteiger partial charge >= 0.3 is 0 Å². The van der Waals surface area contributed by atoms with Crippen LogP contribution in [-0.2, 0) is 16.6 Å². The van der Waals surface area contributed by atoms with Gasteiger partial charge in [0.05, 0.1) is 23.1 Å². The van der Waals surface area contributed by atoms with Gasteiger partial charge in [-0.1, -0.05) is 23.8 Å². The smallest absolute Gasteiger partial charge is 0.264 e. The molecule has 0 bridgehead atoms. The minimum Gasteiger partial charge on any atom is -0.472 e. The number of anilines is 1. The maximum Gasteiger partial charge on any atom is 0.264 e. The molecule has 1 fully saturated rings. The van der Waals surface area contributed by atoms with E-state index in [4.69, 9.17) is 4.42 Å². The fraction of sp³-hybridized carbons (Fsp3) is 0.333. The number of likely N-dealkylation sites (tertiary alicyclic amines) is 1. The number of halogens is 1. The number of aryl methyl sites for hydroxylation is 2. The summed E-state index contributed by atoms with van der Waals surface area (Å²) in [4.78, 5) is 2.51. The van der Waals surface area contributed by atoms with Gasteiger partial charge in [-0.25, -0.2) is 12.8 Å². The number of benzene rings is 2. The topological polar surface area (TPSA) is 53.8 Å². The fourth-order valence-electron chi connectivity index (χ4n) is 4.04. The molecule has 0 aliphatic carbocycles. The van der Waals surface area contributed by atoms with E-state index in [0.29, 0.717) is 24.1 Å². The molecule has 4 rings (SSSR count). The van der Waals surface area contributed by atoms with Crippen molar-refractivity contribution in [3.05, 3.63) is 83.6 Å². The maximum absolute atomic E-state index is 14.4. The van der Waals surface area contributed by atoms with E-state index < -0.39 is 15.8 Å². The molecule has 2 heterocycles. The molecule has 0 spiro atoms. The number of nitrogens with zero attached hydrogens (tertiary/aromatic N) is 2. The maximum atomic E-state index is 14.4. The SMILES string of the molecule is Cc1ccc(S(=O)(=O)N(c2ccc(C)c(F)c2)C2CCN(Cc3ccoc3)CC2)cc1. The summed E-state index contributed by atoms with van der Waals surface area (Å²) in [6.07, 6.45) is 4.72. The second-order valence-corrected chi connectivity index (χ2v) is 10.0. The van der Waals surface area contributed by atoms with Crippen molar-refractivity contribution < 1.29 is 17.2 Å².